The molecule has 1 saturated carbocycles. The Morgan fingerprint density at radius 3 is 2.75 bits per heavy atom. The predicted octanol–water partition coefficient (Wildman–Crippen LogP) is 3.98. The van der Waals surface area contributed by atoms with Gasteiger partial charge in [0.1, 0.15) is 0 Å². The van der Waals surface area contributed by atoms with Gasteiger partial charge in [0.05, 0.1) is 0 Å². The fourth-order valence-electron chi connectivity index (χ4n) is 2.54. The standard InChI is InChI=1S/C14H23NS/c1-3-12-8-9-16-14(12)10-15-13-6-4-11(2)5-7-13/h8-9,11,13,15H,3-7,10H2,1-2H3. The number of hydrogen-bond donors (Lipinski definition) is 1. The Kier molecular flexibility index (Phi) is 4.42. The molecule has 1 aromatic heterocycles. The van der Waals surface area contributed by atoms with E-state index in [4.69, 9.17) is 0 Å². The Labute approximate surface area is 103 Å². The van der Waals surface area contributed by atoms with Gasteiger partial charge in [-0.3, -0.25) is 0 Å². The topological polar surface area (TPSA) is 12.0 Å². The number of rotatable bonds is 4. The monoisotopic (exact) mass is 237 g/mol. The van der Waals surface area contributed by atoms with Crippen molar-refractivity contribution in [2.45, 2.75) is 58.5 Å². The van der Waals surface area contributed by atoms with E-state index in [9.17, 15) is 0 Å². The van der Waals surface area contributed by atoms with Gasteiger partial charge in [-0.1, -0.05) is 13.8 Å². The Balaban J connectivity index is 1.79. The van der Waals surface area contributed by atoms with E-state index in [1.54, 1.807) is 4.88 Å². The Hall–Kier alpha value is -0.340. The highest BCUT2D eigenvalue weighted by atomic mass is 32.1. The van der Waals surface area contributed by atoms with Gasteiger partial charge in [-0.2, -0.15) is 0 Å². The normalized spacial score (nSPS) is 25.9. The van der Waals surface area contributed by atoms with E-state index in [1.807, 2.05) is 11.3 Å². The summed E-state index contributed by atoms with van der Waals surface area (Å²) >= 11 is 1.90. The lowest BCUT2D eigenvalue weighted by molar-refractivity contribution is 0.307. The lowest BCUT2D eigenvalue weighted by Gasteiger charge is -2.27. The minimum Gasteiger partial charge on any atom is -0.309 e. The molecule has 0 saturated heterocycles. The summed E-state index contributed by atoms with van der Waals surface area (Å²) in [5.41, 5.74) is 1.53. The number of aryl methyl sites for hydroxylation is 1. The van der Waals surface area contributed by atoms with Crippen LogP contribution in [0, 0.1) is 5.92 Å². The van der Waals surface area contributed by atoms with Crippen LogP contribution in [0.5, 0.6) is 0 Å². The summed E-state index contributed by atoms with van der Waals surface area (Å²) in [5.74, 6) is 0.950. The highest BCUT2D eigenvalue weighted by molar-refractivity contribution is 7.10. The number of thiophene rings is 1. The van der Waals surface area contributed by atoms with E-state index in [1.165, 1.54) is 37.7 Å². The molecular formula is C14H23NS. The Morgan fingerprint density at radius 2 is 2.06 bits per heavy atom. The maximum atomic E-state index is 3.73. The zero-order valence-corrected chi connectivity index (χ0v) is 11.3. The summed E-state index contributed by atoms with van der Waals surface area (Å²) in [5, 5.41) is 5.95. The van der Waals surface area contributed by atoms with E-state index >= 15 is 0 Å². The molecule has 2 rings (SSSR count). The molecule has 1 heterocycles. The average Bonchev–Trinajstić information content (AvgIpc) is 2.76. The van der Waals surface area contributed by atoms with Crippen LogP contribution in [0.3, 0.4) is 0 Å². The Morgan fingerprint density at radius 1 is 1.31 bits per heavy atom. The van der Waals surface area contributed by atoms with Crippen molar-refractivity contribution in [3.63, 3.8) is 0 Å². The largest absolute Gasteiger partial charge is 0.309 e. The van der Waals surface area contributed by atoms with Crippen LogP contribution in [-0.4, -0.2) is 6.04 Å². The molecule has 0 atom stereocenters. The van der Waals surface area contributed by atoms with Crippen LogP contribution >= 0.6 is 11.3 Å². The predicted molar refractivity (Wildman–Crippen MR) is 72.0 cm³/mol. The molecule has 0 spiro atoms. The van der Waals surface area contributed by atoms with E-state index < -0.39 is 0 Å². The minimum absolute atomic E-state index is 0.767. The van der Waals surface area contributed by atoms with Gasteiger partial charge >= 0.3 is 0 Å². The third-order valence-corrected chi connectivity index (χ3v) is 4.75. The number of nitrogens with one attached hydrogen (secondary N) is 1. The van der Waals surface area contributed by atoms with Gasteiger partial charge in [0.25, 0.3) is 0 Å². The summed E-state index contributed by atoms with van der Waals surface area (Å²) in [7, 11) is 0. The van der Waals surface area contributed by atoms with Gasteiger partial charge in [0, 0.05) is 17.5 Å². The minimum atomic E-state index is 0.767. The van der Waals surface area contributed by atoms with Crippen molar-refractivity contribution in [1.29, 1.82) is 0 Å². The molecule has 1 aromatic rings. The molecule has 0 aromatic carbocycles. The average molecular weight is 237 g/mol. The van der Waals surface area contributed by atoms with Crippen LogP contribution in [0.4, 0.5) is 0 Å². The van der Waals surface area contributed by atoms with E-state index in [-0.39, 0.29) is 0 Å². The van der Waals surface area contributed by atoms with E-state index in [0.29, 0.717) is 0 Å². The first kappa shape index (κ1) is 12.1. The molecule has 1 nitrogen and oxygen atoms in total. The molecular weight excluding hydrogens is 214 g/mol. The van der Waals surface area contributed by atoms with Crippen LogP contribution < -0.4 is 5.32 Å². The van der Waals surface area contributed by atoms with Gasteiger partial charge in [-0.15, -0.1) is 11.3 Å². The maximum Gasteiger partial charge on any atom is 0.0305 e. The molecule has 0 amide bonds. The van der Waals surface area contributed by atoms with Crippen LogP contribution in [0.1, 0.15) is 50.0 Å². The van der Waals surface area contributed by atoms with Gasteiger partial charge in [0.15, 0.2) is 0 Å². The van der Waals surface area contributed by atoms with Crippen molar-refractivity contribution in [2.75, 3.05) is 0 Å². The first-order valence-electron chi connectivity index (χ1n) is 6.58. The molecule has 16 heavy (non-hydrogen) atoms. The lowest BCUT2D eigenvalue weighted by Crippen LogP contribution is -2.32. The zero-order chi connectivity index (χ0) is 11.4. The Bertz CT molecular complexity index is 310. The molecule has 0 radical (unpaired) electrons. The fraction of sp³-hybridized carbons (Fsp3) is 0.714. The second-order valence-corrected chi connectivity index (χ2v) is 6.06. The smallest absolute Gasteiger partial charge is 0.0305 e. The van der Waals surface area contributed by atoms with Gasteiger partial charge in [-0.25, -0.2) is 0 Å². The second-order valence-electron chi connectivity index (χ2n) is 5.06. The summed E-state index contributed by atoms with van der Waals surface area (Å²) in [6.45, 7) is 5.71. The SMILES string of the molecule is CCc1ccsc1CNC1CCC(C)CC1. The van der Waals surface area contributed by atoms with Crippen LogP contribution in [0.25, 0.3) is 0 Å². The quantitative estimate of drug-likeness (QED) is 0.835. The summed E-state index contributed by atoms with van der Waals surface area (Å²) in [6, 6.07) is 3.04. The molecule has 1 aliphatic carbocycles. The second kappa shape index (κ2) is 5.83. The van der Waals surface area contributed by atoms with E-state index in [2.05, 4.69) is 30.6 Å². The van der Waals surface area contributed by atoms with Crippen LogP contribution in [0.15, 0.2) is 11.4 Å². The van der Waals surface area contributed by atoms with Crippen LogP contribution in [-0.2, 0) is 13.0 Å². The third kappa shape index (κ3) is 3.08. The molecule has 1 aliphatic rings. The first-order chi connectivity index (χ1) is 7.79. The number of hydrogen-bond acceptors (Lipinski definition) is 2. The summed E-state index contributed by atoms with van der Waals surface area (Å²) in [6.07, 6.45) is 6.72. The molecule has 0 aliphatic heterocycles. The van der Waals surface area contributed by atoms with Crippen molar-refractivity contribution < 1.29 is 0 Å². The molecule has 0 unspecified atom stereocenters. The summed E-state index contributed by atoms with van der Waals surface area (Å²) < 4.78 is 0. The summed E-state index contributed by atoms with van der Waals surface area (Å²) in [4.78, 5) is 1.54. The van der Waals surface area contributed by atoms with Crippen molar-refractivity contribution >= 4 is 11.3 Å². The molecule has 1 fully saturated rings. The lowest BCUT2D eigenvalue weighted by atomic mass is 9.87. The van der Waals surface area contributed by atoms with Crippen molar-refractivity contribution in [1.82, 2.24) is 5.32 Å². The van der Waals surface area contributed by atoms with Crippen molar-refractivity contribution in [2.24, 2.45) is 5.92 Å². The van der Waals surface area contributed by atoms with Gasteiger partial charge < -0.3 is 5.32 Å². The zero-order valence-electron chi connectivity index (χ0n) is 10.5. The van der Waals surface area contributed by atoms with Gasteiger partial charge in [0.2, 0.25) is 0 Å². The fourth-order valence-corrected chi connectivity index (χ4v) is 3.47. The highest BCUT2D eigenvalue weighted by Gasteiger charge is 2.17. The molecule has 0 bridgehead atoms. The van der Waals surface area contributed by atoms with Gasteiger partial charge in [-0.05, 0) is 55.0 Å². The first-order valence-corrected chi connectivity index (χ1v) is 7.46. The van der Waals surface area contributed by atoms with Crippen molar-refractivity contribution in [3.8, 4) is 0 Å². The molecule has 2 heteroatoms. The molecule has 90 valence electrons. The van der Waals surface area contributed by atoms with Crippen LogP contribution in [0.2, 0.25) is 0 Å². The van der Waals surface area contributed by atoms with Crippen molar-refractivity contribution in [3.05, 3.63) is 21.9 Å². The maximum absolute atomic E-state index is 3.73. The highest BCUT2D eigenvalue weighted by Crippen LogP contribution is 2.24. The third-order valence-electron chi connectivity index (χ3n) is 3.79. The van der Waals surface area contributed by atoms with E-state index in [0.717, 1.165) is 18.5 Å². The molecule has 1 N–H and O–H groups in total.